The molecule has 2 aromatic rings. The van der Waals surface area contributed by atoms with Crippen LogP contribution in [0.1, 0.15) is 6.42 Å². The first kappa shape index (κ1) is 12.7. The van der Waals surface area contributed by atoms with E-state index in [0.717, 1.165) is 22.9 Å². The van der Waals surface area contributed by atoms with E-state index in [9.17, 15) is 4.79 Å². The van der Waals surface area contributed by atoms with Crippen molar-refractivity contribution < 1.29 is 9.90 Å². The molecule has 5 nitrogen and oxygen atoms in total. The quantitative estimate of drug-likeness (QED) is 0.911. The zero-order valence-electron chi connectivity index (χ0n) is 11.4. The lowest BCUT2D eigenvalue weighted by molar-refractivity contribution is 0.155. The smallest absolute Gasteiger partial charge is 0.407 e. The third-order valence-corrected chi connectivity index (χ3v) is 4.01. The van der Waals surface area contributed by atoms with Gasteiger partial charge in [-0.15, -0.1) is 0 Å². The number of amides is 1. The molecule has 20 heavy (non-hydrogen) atoms. The van der Waals surface area contributed by atoms with Crippen LogP contribution in [0.15, 0.2) is 36.7 Å². The summed E-state index contributed by atoms with van der Waals surface area (Å²) in [5, 5.41) is 11.3. The zero-order chi connectivity index (χ0) is 14.1. The molecule has 1 aliphatic rings. The number of likely N-dealkylation sites (N-methyl/N-ethyl adjacent to an activating group) is 1. The van der Waals surface area contributed by atoms with Gasteiger partial charge in [0.25, 0.3) is 0 Å². The van der Waals surface area contributed by atoms with Crippen LogP contribution in [0.3, 0.4) is 0 Å². The molecule has 1 N–H and O–H groups in total. The van der Waals surface area contributed by atoms with E-state index in [1.165, 1.54) is 4.90 Å². The van der Waals surface area contributed by atoms with Crippen LogP contribution in [0.2, 0.25) is 0 Å². The van der Waals surface area contributed by atoms with Gasteiger partial charge in [0.05, 0.1) is 11.9 Å². The van der Waals surface area contributed by atoms with Crippen molar-refractivity contribution in [3.63, 3.8) is 0 Å². The number of carbonyl (C=O) groups is 1. The van der Waals surface area contributed by atoms with Gasteiger partial charge in [-0.1, -0.05) is 24.3 Å². The molecule has 0 saturated carbocycles. The summed E-state index contributed by atoms with van der Waals surface area (Å²) in [6.07, 6.45) is 3.72. The Kier molecular flexibility index (Phi) is 3.18. The van der Waals surface area contributed by atoms with Crippen molar-refractivity contribution in [3.8, 4) is 0 Å². The average molecular weight is 271 g/mol. The van der Waals surface area contributed by atoms with Crippen molar-refractivity contribution in [1.82, 2.24) is 9.88 Å². The maximum Gasteiger partial charge on any atom is 0.407 e. The van der Waals surface area contributed by atoms with Gasteiger partial charge in [0, 0.05) is 43.1 Å². The largest absolute Gasteiger partial charge is 0.465 e. The van der Waals surface area contributed by atoms with Crippen LogP contribution in [0.25, 0.3) is 10.8 Å². The second-order valence-corrected chi connectivity index (χ2v) is 5.16. The molecule has 2 heterocycles. The highest BCUT2D eigenvalue weighted by molar-refractivity contribution is 5.93. The molecule has 1 aliphatic heterocycles. The molecule has 1 unspecified atom stereocenters. The maximum atomic E-state index is 11.0. The lowest BCUT2D eigenvalue weighted by Crippen LogP contribution is -2.36. The number of likely N-dealkylation sites (tertiary alicyclic amines) is 1. The van der Waals surface area contributed by atoms with Gasteiger partial charge in [0.1, 0.15) is 0 Å². The molecule has 0 aliphatic carbocycles. The minimum atomic E-state index is -0.836. The number of hydrogen-bond acceptors (Lipinski definition) is 3. The van der Waals surface area contributed by atoms with Gasteiger partial charge in [-0.05, 0) is 6.42 Å². The standard InChI is InChI=1S/C15H17N3O2/c1-17(12-6-7-18(10-12)15(19)20)14-9-16-8-11-4-2-3-5-13(11)14/h2-5,8-9,12H,6-7,10H2,1H3,(H,19,20). The first-order valence-corrected chi connectivity index (χ1v) is 6.70. The van der Waals surface area contributed by atoms with Crippen LogP contribution in [0.5, 0.6) is 0 Å². The van der Waals surface area contributed by atoms with Crippen molar-refractivity contribution in [1.29, 1.82) is 0 Å². The molecular weight excluding hydrogens is 254 g/mol. The summed E-state index contributed by atoms with van der Waals surface area (Å²) in [5.41, 5.74) is 1.06. The van der Waals surface area contributed by atoms with Crippen LogP contribution in [-0.2, 0) is 0 Å². The monoisotopic (exact) mass is 271 g/mol. The van der Waals surface area contributed by atoms with E-state index in [-0.39, 0.29) is 6.04 Å². The van der Waals surface area contributed by atoms with E-state index in [0.29, 0.717) is 13.1 Å². The van der Waals surface area contributed by atoms with E-state index in [1.54, 1.807) is 0 Å². The number of anilines is 1. The summed E-state index contributed by atoms with van der Waals surface area (Å²) in [6.45, 7) is 1.15. The van der Waals surface area contributed by atoms with Crippen LogP contribution in [0.4, 0.5) is 10.5 Å². The van der Waals surface area contributed by atoms with Gasteiger partial charge in [-0.3, -0.25) is 4.98 Å². The Morgan fingerprint density at radius 1 is 1.40 bits per heavy atom. The highest BCUT2D eigenvalue weighted by atomic mass is 16.4. The summed E-state index contributed by atoms with van der Waals surface area (Å²) in [7, 11) is 2.01. The first-order valence-electron chi connectivity index (χ1n) is 6.70. The normalized spacial score (nSPS) is 18.4. The molecule has 1 fully saturated rings. The Labute approximate surface area is 117 Å². The fraction of sp³-hybridized carbons (Fsp3) is 0.333. The Hall–Kier alpha value is -2.30. The summed E-state index contributed by atoms with van der Waals surface area (Å²) in [5.74, 6) is 0. The van der Waals surface area contributed by atoms with Gasteiger partial charge in [-0.25, -0.2) is 4.79 Å². The summed E-state index contributed by atoms with van der Waals surface area (Å²) < 4.78 is 0. The van der Waals surface area contributed by atoms with Gasteiger partial charge >= 0.3 is 6.09 Å². The van der Waals surface area contributed by atoms with Crippen molar-refractivity contribution in [2.24, 2.45) is 0 Å². The second kappa shape index (κ2) is 5.00. The molecule has 1 aromatic carbocycles. The highest BCUT2D eigenvalue weighted by Gasteiger charge is 2.29. The first-order chi connectivity index (χ1) is 9.66. The summed E-state index contributed by atoms with van der Waals surface area (Å²) in [4.78, 5) is 18.9. The Bertz CT molecular complexity index is 639. The predicted molar refractivity (Wildman–Crippen MR) is 78.1 cm³/mol. The summed E-state index contributed by atoms with van der Waals surface area (Å²) in [6, 6.07) is 8.33. The van der Waals surface area contributed by atoms with Crippen molar-refractivity contribution >= 4 is 22.6 Å². The van der Waals surface area contributed by atoms with Crippen molar-refractivity contribution in [2.45, 2.75) is 12.5 Å². The van der Waals surface area contributed by atoms with E-state index in [2.05, 4.69) is 16.0 Å². The van der Waals surface area contributed by atoms with E-state index < -0.39 is 6.09 Å². The molecule has 1 saturated heterocycles. The van der Waals surface area contributed by atoms with Gasteiger partial charge in [0.15, 0.2) is 0 Å². The molecular formula is C15H17N3O2. The average Bonchev–Trinajstić information content (AvgIpc) is 2.96. The lowest BCUT2D eigenvalue weighted by atomic mass is 10.1. The number of benzene rings is 1. The molecule has 0 bridgehead atoms. The zero-order valence-corrected chi connectivity index (χ0v) is 11.4. The topological polar surface area (TPSA) is 56.7 Å². The van der Waals surface area contributed by atoms with E-state index >= 15 is 0 Å². The van der Waals surface area contributed by atoms with Gasteiger partial charge in [-0.2, -0.15) is 0 Å². The number of nitrogens with zero attached hydrogens (tertiary/aromatic N) is 3. The van der Waals surface area contributed by atoms with Crippen LogP contribution < -0.4 is 4.90 Å². The Balaban J connectivity index is 1.90. The maximum absolute atomic E-state index is 11.0. The minimum absolute atomic E-state index is 0.207. The number of rotatable bonds is 2. The van der Waals surface area contributed by atoms with Crippen molar-refractivity contribution in [2.75, 3.05) is 25.0 Å². The van der Waals surface area contributed by atoms with E-state index in [4.69, 9.17) is 5.11 Å². The molecule has 1 atom stereocenters. The van der Waals surface area contributed by atoms with Crippen LogP contribution in [0, 0.1) is 0 Å². The SMILES string of the molecule is CN(c1cncc2ccccc12)C1CCN(C(=O)O)C1. The number of hydrogen-bond donors (Lipinski definition) is 1. The number of fused-ring (bicyclic) bond motifs is 1. The van der Waals surface area contributed by atoms with Gasteiger partial charge < -0.3 is 14.9 Å². The fourth-order valence-electron chi connectivity index (χ4n) is 2.81. The van der Waals surface area contributed by atoms with Crippen LogP contribution in [-0.4, -0.2) is 47.3 Å². The molecule has 5 heteroatoms. The predicted octanol–water partition coefficient (Wildman–Crippen LogP) is 2.42. The number of pyridine rings is 1. The van der Waals surface area contributed by atoms with Crippen LogP contribution >= 0.6 is 0 Å². The third-order valence-electron chi connectivity index (χ3n) is 4.01. The van der Waals surface area contributed by atoms with E-state index in [1.807, 2.05) is 37.6 Å². The molecule has 0 spiro atoms. The molecule has 0 radical (unpaired) electrons. The number of carboxylic acid groups (broad SMARTS) is 1. The lowest BCUT2D eigenvalue weighted by Gasteiger charge is -2.27. The van der Waals surface area contributed by atoms with Crippen molar-refractivity contribution in [3.05, 3.63) is 36.7 Å². The fourth-order valence-corrected chi connectivity index (χ4v) is 2.81. The Morgan fingerprint density at radius 2 is 2.20 bits per heavy atom. The second-order valence-electron chi connectivity index (χ2n) is 5.16. The molecule has 1 amide bonds. The molecule has 3 rings (SSSR count). The summed E-state index contributed by atoms with van der Waals surface area (Å²) >= 11 is 0. The Morgan fingerprint density at radius 3 is 2.95 bits per heavy atom. The minimum Gasteiger partial charge on any atom is -0.465 e. The van der Waals surface area contributed by atoms with Gasteiger partial charge in [0.2, 0.25) is 0 Å². The molecule has 1 aromatic heterocycles. The highest BCUT2D eigenvalue weighted by Crippen LogP contribution is 2.28. The molecule has 104 valence electrons. The number of aromatic nitrogens is 1. The third kappa shape index (κ3) is 2.15.